The highest BCUT2D eigenvalue weighted by Gasteiger charge is 2.32. The number of benzene rings is 3. The second kappa shape index (κ2) is 10.1. The molecule has 0 atom stereocenters. The van der Waals surface area contributed by atoms with E-state index < -0.39 is 17.8 Å². The summed E-state index contributed by atoms with van der Waals surface area (Å²) in [5.74, 6) is 0.587. The van der Waals surface area contributed by atoms with Crippen LogP contribution in [0.5, 0.6) is 0 Å². The van der Waals surface area contributed by atoms with Crippen molar-refractivity contribution in [1.82, 2.24) is 9.97 Å². The zero-order chi connectivity index (χ0) is 26.9. The molecule has 2 amide bonds. The summed E-state index contributed by atoms with van der Waals surface area (Å²) in [6.45, 7) is 3.24. The number of ketones is 1. The Hall–Kier alpha value is -4.47. The van der Waals surface area contributed by atoms with Crippen molar-refractivity contribution >= 4 is 40.0 Å². The number of fused-ring (bicyclic) bond motifs is 1. The maximum Gasteiger partial charge on any atom is 0.416 e. The number of urea groups is 1. The van der Waals surface area contributed by atoms with E-state index in [2.05, 4.69) is 20.5 Å². The molecule has 1 aliphatic rings. The number of aromatic nitrogens is 2. The molecule has 2 heterocycles. The Labute approximate surface area is 216 Å². The molecule has 0 bridgehead atoms. The maximum absolute atomic E-state index is 13.1. The van der Waals surface area contributed by atoms with Crippen LogP contribution in [-0.4, -0.2) is 34.9 Å². The summed E-state index contributed by atoms with van der Waals surface area (Å²) in [4.78, 5) is 36.8. The third kappa shape index (κ3) is 5.44. The number of hydrogen-bond acceptors (Lipinski definition) is 5. The number of amides is 2. The molecule has 3 aromatic carbocycles. The summed E-state index contributed by atoms with van der Waals surface area (Å²) in [7, 11) is 0. The predicted octanol–water partition coefficient (Wildman–Crippen LogP) is 6.43. The normalized spacial score (nSPS) is 13.5. The lowest BCUT2D eigenvalue weighted by molar-refractivity contribution is -0.138. The maximum atomic E-state index is 13.1. The minimum atomic E-state index is -4.52. The van der Waals surface area contributed by atoms with Gasteiger partial charge < -0.3 is 15.5 Å². The number of halogens is 3. The number of nitrogens with one attached hydrogen (secondary N) is 2. The van der Waals surface area contributed by atoms with Crippen LogP contribution < -0.4 is 15.5 Å². The van der Waals surface area contributed by atoms with Gasteiger partial charge >= 0.3 is 12.2 Å². The average molecular weight is 520 g/mol. The first-order chi connectivity index (χ1) is 18.2. The second-order valence-electron chi connectivity index (χ2n) is 9.14. The van der Waals surface area contributed by atoms with E-state index in [-0.39, 0.29) is 17.0 Å². The summed E-state index contributed by atoms with van der Waals surface area (Å²) in [6.07, 6.45) is -0.523. The van der Waals surface area contributed by atoms with Gasteiger partial charge in [-0.2, -0.15) is 13.2 Å². The van der Waals surface area contributed by atoms with Gasteiger partial charge in [-0.05, 0) is 79.9 Å². The second-order valence-corrected chi connectivity index (χ2v) is 9.14. The molecule has 1 aromatic heterocycles. The van der Waals surface area contributed by atoms with Crippen molar-refractivity contribution in [3.63, 3.8) is 0 Å². The number of nitrogens with zero attached hydrogens (tertiary/aromatic N) is 3. The fraction of sp³-hybridized carbons (Fsp3) is 0.214. The van der Waals surface area contributed by atoms with E-state index in [0.29, 0.717) is 27.8 Å². The number of anilines is 3. The van der Waals surface area contributed by atoms with Crippen molar-refractivity contribution in [2.75, 3.05) is 28.6 Å². The molecular formula is C28H24F3N5O2. The molecule has 0 radical (unpaired) electrons. The van der Waals surface area contributed by atoms with Crippen LogP contribution in [0.2, 0.25) is 0 Å². The van der Waals surface area contributed by atoms with Gasteiger partial charge in [0.15, 0.2) is 5.78 Å². The Morgan fingerprint density at radius 1 is 0.842 bits per heavy atom. The van der Waals surface area contributed by atoms with Gasteiger partial charge in [-0.1, -0.05) is 6.07 Å². The third-order valence-corrected chi connectivity index (χ3v) is 6.43. The number of carbonyl (C=O) groups is 2. The van der Waals surface area contributed by atoms with Crippen molar-refractivity contribution < 1.29 is 22.8 Å². The predicted molar refractivity (Wildman–Crippen MR) is 140 cm³/mol. The van der Waals surface area contributed by atoms with Crippen LogP contribution in [0.1, 0.15) is 39.9 Å². The van der Waals surface area contributed by atoms with Gasteiger partial charge in [-0.3, -0.25) is 9.78 Å². The smallest absolute Gasteiger partial charge is 0.355 e. The van der Waals surface area contributed by atoms with Crippen LogP contribution in [0.4, 0.5) is 35.2 Å². The van der Waals surface area contributed by atoms with Crippen molar-refractivity contribution in [2.45, 2.75) is 25.9 Å². The molecule has 1 saturated heterocycles. The molecule has 5 rings (SSSR count). The molecule has 0 spiro atoms. The average Bonchev–Trinajstić information content (AvgIpc) is 3.44. The van der Waals surface area contributed by atoms with Gasteiger partial charge in [0.25, 0.3) is 0 Å². The van der Waals surface area contributed by atoms with E-state index in [1.165, 1.54) is 19.1 Å². The van der Waals surface area contributed by atoms with Gasteiger partial charge in [0, 0.05) is 35.6 Å². The van der Waals surface area contributed by atoms with E-state index in [1.54, 1.807) is 48.7 Å². The molecule has 38 heavy (non-hydrogen) atoms. The first-order valence-electron chi connectivity index (χ1n) is 12.1. The number of rotatable bonds is 5. The number of carbonyl (C=O) groups excluding carboxylic acids is 2. The molecule has 2 N–H and O–H groups in total. The lowest BCUT2D eigenvalue weighted by Gasteiger charge is -2.16. The van der Waals surface area contributed by atoms with Crippen molar-refractivity contribution in [3.05, 3.63) is 89.1 Å². The monoisotopic (exact) mass is 519 g/mol. The molecule has 4 aromatic rings. The largest absolute Gasteiger partial charge is 0.416 e. The number of aryl methyl sites for hydroxylation is 1. The minimum absolute atomic E-state index is 0.0134. The summed E-state index contributed by atoms with van der Waals surface area (Å²) >= 11 is 0. The first kappa shape index (κ1) is 25.2. The minimum Gasteiger partial charge on any atom is -0.355 e. The molecule has 0 aliphatic carbocycles. The van der Waals surface area contributed by atoms with Gasteiger partial charge in [0.05, 0.1) is 22.8 Å². The Morgan fingerprint density at radius 2 is 1.50 bits per heavy atom. The fourth-order valence-corrected chi connectivity index (χ4v) is 4.41. The molecule has 0 saturated carbocycles. The molecule has 10 heteroatoms. The number of hydrogen-bond donors (Lipinski definition) is 2. The molecule has 7 nitrogen and oxygen atoms in total. The Morgan fingerprint density at radius 3 is 2.21 bits per heavy atom. The fourth-order valence-electron chi connectivity index (χ4n) is 4.41. The lowest BCUT2D eigenvalue weighted by atomic mass is 10.0. The Kier molecular flexibility index (Phi) is 6.71. The van der Waals surface area contributed by atoms with Gasteiger partial charge in [0.1, 0.15) is 5.82 Å². The van der Waals surface area contributed by atoms with E-state index in [1.807, 2.05) is 0 Å². The quantitative estimate of drug-likeness (QED) is 0.297. The summed E-state index contributed by atoms with van der Waals surface area (Å²) < 4.78 is 39.4. The molecule has 1 aliphatic heterocycles. The van der Waals surface area contributed by atoms with Gasteiger partial charge in [0.2, 0.25) is 0 Å². The Bertz CT molecular complexity index is 1510. The first-order valence-corrected chi connectivity index (χ1v) is 12.1. The lowest BCUT2D eigenvalue weighted by Crippen LogP contribution is -2.20. The molecular weight excluding hydrogens is 495 g/mol. The summed E-state index contributed by atoms with van der Waals surface area (Å²) in [6, 6.07) is 14.3. The van der Waals surface area contributed by atoms with Gasteiger partial charge in [-0.15, -0.1) is 0 Å². The van der Waals surface area contributed by atoms with Crippen molar-refractivity contribution in [3.8, 4) is 0 Å². The third-order valence-electron chi connectivity index (χ3n) is 6.43. The molecule has 0 unspecified atom stereocenters. The van der Waals surface area contributed by atoms with E-state index in [9.17, 15) is 22.8 Å². The van der Waals surface area contributed by atoms with Crippen molar-refractivity contribution in [2.24, 2.45) is 0 Å². The molecule has 194 valence electrons. The highest BCUT2D eigenvalue weighted by molar-refractivity contribution is 6.10. The zero-order valence-corrected chi connectivity index (χ0v) is 20.5. The van der Waals surface area contributed by atoms with Crippen LogP contribution in [0.3, 0.4) is 0 Å². The Balaban J connectivity index is 1.27. The zero-order valence-electron chi connectivity index (χ0n) is 20.5. The van der Waals surface area contributed by atoms with Crippen LogP contribution in [0, 0.1) is 6.92 Å². The van der Waals surface area contributed by atoms with Crippen LogP contribution in [0.15, 0.2) is 66.9 Å². The topological polar surface area (TPSA) is 87.2 Å². The van der Waals surface area contributed by atoms with Crippen molar-refractivity contribution in [1.29, 1.82) is 0 Å². The standard InChI is InChI=1S/C28H24F3N5O2/c1-17-4-8-21(15-22(17)28(29,30)31)34-27(38)33-20-9-5-18(6-10-20)26(37)19-7-11-23-24(14-19)35-25(16-32-23)36-12-2-3-13-36/h4-11,14-16H,2-3,12-13H2,1H3,(H2,33,34,38). The molecule has 1 fully saturated rings. The van der Waals surface area contributed by atoms with Gasteiger partial charge in [-0.25, -0.2) is 9.78 Å². The number of alkyl halides is 3. The van der Waals surface area contributed by atoms with Crippen LogP contribution in [-0.2, 0) is 6.18 Å². The van der Waals surface area contributed by atoms with Crippen LogP contribution in [0.25, 0.3) is 11.0 Å². The van der Waals surface area contributed by atoms with Crippen LogP contribution >= 0.6 is 0 Å². The van der Waals surface area contributed by atoms with E-state index in [4.69, 9.17) is 4.98 Å². The summed E-state index contributed by atoms with van der Waals surface area (Å²) in [5.41, 5.74) is 1.85. The highest BCUT2D eigenvalue weighted by atomic mass is 19.4. The van der Waals surface area contributed by atoms with E-state index in [0.717, 1.165) is 37.8 Å². The highest BCUT2D eigenvalue weighted by Crippen LogP contribution is 2.33. The summed E-state index contributed by atoms with van der Waals surface area (Å²) in [5, 5.41) is 4.96. The SMILES string of the molecule is Cc1ccc(NC(=O)Nc2ccc(C(=O)c3ccc4ncc(N5CCCC5)nc4c3)cc2)cc1C(F)(F)F. The van der Waals surface area contributed by atoms with E-state index >= 15 is 0 Å².